The van der Waals surface area contributed by atoms with Crippen molar-refractivity contribution < 1.29 is 20.4 Å². The summed E-state index contributed by atoms with van der Waals surface area (Å²) in [5, 5.41) is 34.2. The number of aromatic nitrogens is 4. The third kappa shape index (κ3) is 6.35. The first-order valence-electron chi connectivity index (χ1n) is 9.85. The van der Waals surface area contributed by atoms with Crippen molar-refractivity contribution in [2.45, 2.75) is 19.6 Å². The molecular weight excluding hydrogens is 477 g/mol. The summed E-state index contributed by atoms with van der Waals surface area (Å²) >= 11 is 11.9. The van der Waals surface area contributed by atoms with Crippen molar-refractivity contribution >= 4 is 39.9 Å². The minimum atomic E-state index is -1.10. The molecule has 2 aliphatic heterocycles. The maximum atomic E-state index is 12.3. The molecule has 0 aliphatic carbocycles. The van der Waals surface area contributed by atoms with Gasteiger partial charge < -0.3 is 29.9 Å². The summed E-state index contributed by atoms with van der Waals surface area (Å²) in [6, 6.07) is 3.65. The molecule has 33 heavy (non-hydrogen) atoms. The van der Waals surface area contributed by atoms with Gasteiger partial charge in [0.05, 0.1) is 30.3 Å². The lowest BCUT2D eigenvalue weighted by atomic mass is 10.1. The number of nitrogens with one attached hydrogen (secondary N) is 1. The van der Waals surface area contributed by atoms with Gasteiger partial charge in [0.2, 0.25) is 0 Å². The number of H-pyrrole nitrogens is 1. The molecule has 11 nitrogen and oxygen atoms in total. The topological polar surface area (TPSA) is 165 Å². The van der Waals surface area contributed by atoms with Gasteiger partial charge in [-0.1, -0.05) is 0 Å². The maximum Gasteiger partial charge on any atom is 0.349 e. The van der Waals surface area contributed by atoms with Crippen LogP contribution < -0.4 is 16.1 Å². The van der Waals surface area contributed by atoms with E-state index in [0.717, 1.165) is 11.3 Å². The molecule has 3 rings (SSSR count). The molecule has 1 atom stereocenters. The van der Waals surface area contributed by atoms with Crippen molar-refractivity contribution in [2.75, 3.05) is 36.4 Å². The van der Waals surface area contributed by atoms with Crippen molar-refractivity contribution in [1.29, 1.82) is 0 Å². The number of aliphatic hydroxyl groups excluding tert-OH is 4. The fraction of sp³-hybridized carbons (Fsp3) is 0.400. The van der Waals surface area contributed by atoms with E-state index in [9.17, 15) is 19.8 Å². The summed E-state index contributed by atoms with van der Waals surface area (Å²) in [7, 11) is 0. The summed E-state index contributed by atoms with van der Waals surface area (Å²) in [4.78, 5) is 36.5. The normalized spacial score (nSPS) is 12.2. The Morgan fingerprint density at radius 1 is 1.15 bits per heavy atom. The van der Waals surface area contributed by atoms with Gasteiger partial charge in [-0.25, -0.2) is 9.78 Å². The number of fused-ring (bicyclic) bond motifs is 2. The summed E-state index contributed by atoms with van der Waals surface area (Å²) in [5.41, 5.74) is 1.30. The highest BCUT2D eigenvalue weighted by molar-refractivity contribution is 6.18. The molecule has 1 aromatic rings. The number of alkyl halides is 2. The highest BCUT2D eigenvalue weighted by Crippen LogP contribution is 2.29. The Hall–Kier alpha value is -2.86. The lowest BCUT2D eigenvalue weighted by Gasteiger charge is -2.26. The molecule has 2 heterocycles. The summed E-state index contributed by atoms with van der Waals surface area (Å²) in [6.07, 6.45) is 0.00830. The highest BCUT2D eigenvalue weighted by Gasteiger charge is 2.22. The molecule has 0 aromatic heterocycles. The lowest BCUT2D eigenvalue weighted by molar-refractivity contribution is 0.0822. The van der Waals surface area contributed by atoms with Gasteiger partial charge in [-0.15, -0.1) is 23.2 Å². The molecule has 13 heteroatoms. The fourth-order valence-electron chi connectivity index (χ4n) is 3.29. The first kappa shape index (κ1) is 26.4. The molecule has 1 unspecified atom stereocenters. The van der Waals surface area contributed by atoms with Crippen molar-refractivity contribution in [3.63, 3.8) is 0 Å². The molecule has 1 aromatic carbocycles. The van der Waals surface area contributed by atoms with Gasteiger partial charge in [0, 0.05) is 30.5 Å². The second-order valence-corrected chi connectivity index (χ2v) is 7.65. The van der Waals surface area contributed by atoms with Gasteiger partial charge in [-0.3, -0.25) is 9.78 Å². The van der Waals surface area contributed by atoms with Crippen LogP contribution in [0.25, 0.3) is 22.6 Å². The largest absolute Gasteiger partial charge is 0.512 e. The Kier molecular flexibility index (Phi) is 9.92. The molecule has 0 saturated heterocycles. The van der Waals surface area contributed by atoms with Gasteiger partial charge in [0.25, 0.3) is 5.56 Å². The van der Waals surface area contributed by atoms with E-state index in [0.29, 0.717) is 48.4 Å². The van der Waals surface area contributed by atoms with E-state index in [1.165, 1.54) is 4.57 Å². The van der Waals surface area contributed by atoms with Crippen molar-refractivity contribution in [3.8, 4) is 11.5 Å². The van der Waals surface area contributed by atoms with Crippen LogP contribution in [-0.2, 0) is 6.54 Å². The number of aryl methyl sites for hydroxylation is 1. The molecule has 0 spiro atoms. The van der Waals surface area contributed by atoms with E-state index in [4.69, 9.17) is 33.4 Å². The maximum absolute atomic E-state index is 12.3. The number of hydrogen-bond donors (Lipinski definition) is 5. The smallest absolute Gasteiger partial charge is 0.349 e. The number of rotatable bonds is 8. The molecule has 180 valence electrons. The van der Waals surface area contributed by atoms with E-state index < -0.39 is 24.0 Å². The van der Waals surface area contributed by atoms with Crippen LogP contribution in [0.2, 0.25) is 0 Å². The molecule has 0 saturated carbocycles. The van der Waals surface area contributed by atoms with Crippen molar-refractivity contribution in [1.82, 2.24) is 19.5 Å². The molecule has 5 N–H and O–H groups in total. The van der Waals surface area contributed by atoms with Crippen molar-refractivity contribution in [3.05, 3.63) is 51.1 Å². The van der Waals surface area contributed by atoms with Crippen LogP contribution in [0, 0.1) is 6.92 Å². The van der Waals surface area contributed by atoms with Crippen molar-refractivity contribution in [2.24, 2.45) is 0 Å². The number of hydrogen-bond acceptors (Lipinski definition) is 9. The van der Waals surface area contributed by atoms with Crippen LogP contribution in [0.15, 0.2) is 34.2 Å². The number of nitrogens with zero attached hydrogens (tertiary/aromatic N) is 4. The van der Waals surface area contributed by atoms with Gasteiger partial charge in [0.1, 0.15) is 12.5 Å². The Bertz CT molecular complexity index is 1170. The Labute approximate surface area is 198 Å². The molecular formula is C20H25Cl2N5O6. The lowest BCUT2D eigenvalue weighted by Crippen LogP contribution is -2.31. The van der Waals surface area contributed by atoms with E-state index >= 15 is 0 Å². The van der Waals surface area contributed by atoms with E-state index in [2.05, 4.69) is 15.0 Å². The average Bonchev–Trinajstić information content (AvgIpc) is 2.79. The first-order chi connectivity index (χ1) is 15.8. The van der Waals surface area contributed by atoms with Gasteiger partial charge in [-0.2, -0.15) is 4.98 Å². The minimum Gasteiger partial charge on any atom is -0.512 e. The third-order valence-electron chi connectivity index (χ3n) is 4.65. The van der Waals surface area contributed by atoms with Crippen LogP contribution in [0.4, 0.5) is 5.69 Å². The quantitative estimate of drug-likeness (QED) is 0.172. The standard InChI is InChI=1S/C18H21Cl2N5O4.C2H4O2/c1-10-6-14-12(7-13(10)24(4-2-19)5-3-20)21-15-16(22-18(29)23-17(15)28)25(14)8-11(27)9-26;3-1-2-4/h6-7,11,26-27H,2-5,8-9H2,1H3,(H,23,28,29);1-4H/b;2-1+. The van der Waals surface area contributed by atoms with Crippen LogP contribution in [-0.4, -0.2) is 77.5 Å². The van der Waals surface area contributed by atoms with Crippen LogP contribution in [0.1, 0.15) is 5.56 Å². The van der Waals surface area contributed by atoms with Crippen LogP contribution in [0.5, 0.6) is 0 Å². The molecule has 2 aliphatic rings. The third-order valence-corrected chi connectivity index (χ3v) is 4.98. The Morgan fingerprint density at radius 3 is 2.33 bits per heavy atom. The van der Waals surface area contributed by atoms with Crippen LogP contribution in [0.3, 0.4) is 0 Å². The molecule has 0 amide bonds. The number of benzene rings is 1. The second kappa shape index (κ2) is 12.4. The minimum absolute atomic E-state index is 0.0294. The summed E-state index contributed by atoms with van der Waals surface area (Å²) in [5.74, 6) is 0.875. The van der Waals surface area contributed by atoms with Crippen LogP contribution >= 0.6 is 23.2 Å². The average molecular weight is 502 g/mol. The zero-order chi connectivity index (χ0) is 24.5. The van der Waals surface area contributed by atoms with E-state index in [-0.39, 0.29) is 18.1 Å². The molecule has 0 bridgehead atoms. The number of anilines is 1. The SMILES string of the molecule is Cc1cc2c(cc1N(CCCl)CCCl)nc1c(=O)[nH]c(=O)nc-1n2CC(O)CO.O/C=C/O. The van der Waals surface area contributed by atoms with Gasteiger partial charge in [0.15, 0.2) is 11.5 Å². The van der Waals surface area contributed by atoms with E-state index in [1.54, 1.807) is 0 Å². The first-order valence-corrected chi connectivity index (χ1v) is 10.9. The predicted molar refractivity (Wildman–Crippen MR) is 127 cm³/mol. The van der Waals surface area contributed by atoms with Gasteiger partial charge in [-0.05, 0) is 24.6 Å². The Balaban J connectivity index is 0.000000890. The Morgan fingerprint density at radius 2 is 1.79 bits per heavy atom. The highest BCUT2D eigenvalue weighted by atomic mass is 35.5. The monoisotopic (exact) mass is 501 g/mol. The predicted octanol–water partition coefficient (Wildman–Crippen LogP) is 1.10. The molecule has 0 fully saturated rings. The zero-order valence-corrected chi connectivity index (χ0v) is 19.3. The summed E-state index contributed by atoms with van der Waals surface area (Å²) < 4.78 is 1.53. The number of aliphatic hydroxyl groups is 4. The molecule has 0 radical (unpaired) electrons. The zero-order valence-electron chi connectivity index (χ0n) is 17.8. The summed E-state index contributed by atoms with van der Waals surface area (Å²) in [6.45, 7) is 2.53. The fourth-order valence-corrected chi connectivity index (χ4v) is 3.69. The second-order valence-electron chi connectivity index (χ2n) is 6.89. The number of halogens is 2. The van der Waals surface area contributed by atoms with E-state index in [1.807, 2.05) is 24.0 Å². The number of aromatic amines is 1. The van der Waals surface area contributed by atoms with Gasteiger partial charge >= 0.3 is 5.69 Å².